The van der Waals surface area contributed by atoms with Crippen LogP contribution in [0, 0.1) is 0 Å². The average molecular weight is 259 g/mol. The number of anilines is 1. The quantitative estimate of drug-likeness (QED) is 0.817. The van der Waals surface area contributed by atoms with Crippen molar-refractivity contribution in [2.24, 2.45) is 0 Å². The van der Waals surface area contributed by atoms with E-state index in [0.717, 1.165) is 10.2 Å². The zero-order chi connectivity index (χ0) is 10.4. The minimum absolute atomic E-state index is 0.191. The maximum absolute atomic E-state index is 11.2. The Morgan fingerprint density at radius 3 is 2.86 bits per heavy atom. The van der Waals surface area contributed by atoms with Gasteiger partial charge in [-0.2, -0.15) is 0 Å². The van der Waals surface area contributed by atoms with E-state index >= 15 is 0 Å². The fourth-order valence-corrected chi connectivity index (χ4v) is 1.25. The molecule has 0 heterocycles. The molecule has 2 N–H and O–H groups in total. The summed E-state index contributed by atoms with van der Waals surface area (Å²) in [5.74, 6) is 0. The molecule has 5 heteroatoms. The molecule has 1 aromatic rings. The maximum Gasteiger partial charge on any atom is 0.321 e. The number of para-hydroxylation sites is 1. The van der Waals surface area contributed by atoms with Crippen LogP contribution >= 0.6 is 15.9 Å². The van der Waals surface area contributed by atoms with Crippen molar-refractivity contribution in [3.63, 3.8) is 0 Å². The summed E-state index contributed by atoms with van der Waals surface area (Å²) < 4.78 is 5.54. The van der Waals surface area contributed by atoms with E-state index in [-0.39, 0.29) is 12.8 Å². The van der Waals surface area contributed by atoms with Gasteiger partial charge in [-0.3, -0.25) is 0 Å². The summed E-state index contributed by atoms with van der Waals surface area (Å²) in [5.41, 5.74) is 0.723. The second-order valence-corrected chi connectivity index (χ2v) is 3.40. The standard InChI is InChI=1S/C9H11BrN2O2/c1-14-6-11-9(13)12-8-5-3-2-4-7(8)10/h2-5H,6H2,1H3,(H2,11,12,13). The summed E-state index contributed by atoms with van der Waals surface area (Å²) in [5, 5.41) is 5.18. The maximum atomic E-state index is 11.2. The summed E-state index contributed by atoms with van der Waals surface area (Å²) in [6.07, 6.45) is 0. The second kappa shape index (κ2) is 5.62. The van der Waals surface area contributed by atoms with Crippen molar-refractivity contribution in [2.75, 3.05) is 19.2 Å². The number of nitrogens with one attached hydrogen (secondary N) is 2. The largest absolute Gasteiger partial charge is 0.364 e. The molecule has 1 aromatic carbocycles. The van der Waals surface area contributed by atoms with Crippen LogP contribution in [0.1, 0.15) is 0 Å². The molecular weight excluding hydrogens is 248 g/mol. The van der Waals surface area contributed by atoms with Crippen LogP contribution in [0.5, 0.6) is 0 Å². The third-order valence-corrected chi connectivity index (χ3v) is 2.19. The molecule has 0 bridgehead atoms. The highest BCUT2D eigenvalue weighted by atomic mass is 79.9. The highest BCUT2D eigenvalue weighted by molar-refractivity contribution is 9.10. The van der Waals surface area contributed by atoms with E-state index in [4.69, 9.17) is 4.74 Å². The van der Waals surface area contributed by atoms with Crippen molar-refractivity contribution >= 4 is 27.6 Å². The Labute approximate surface area is 90.8 Å². The summed E-state index contributed by atoms with van der Waals surface area (Å²) in [7, 11) is 1.51. The van der Waals surface area contributed by atoms with Gasteiger partial charge in [0, 0.05) is 11.6 Å². The van der Waals surface area contributed by atoms with Crippen molar-refractivity contribution < 1.29 is 9.53 Å². The molecule has 0 aliphatic carbocycles. The van der Waals surface area contributed by atoms with E-state index in [0.29, 0.717) is 0 Å². The van der Waals surface area contributed by atoms with Gasteiger partial charge in [-0.05, 0) is 28.1 Å². The Morgan fingerprint density at radius 1 is 1.50 bits per heavy atom. The number of hydrogen-bond donors (Lipinski definition) is 2. The van der Waals surface area contributed by atoms with Gasteiger partial charge in [0.15, 0.2) is 0 Å². The average Bonchev–Trinajstić information content (AvgIpc) is 2.18. The molecule has 2 amide bonds. The molecule has 0 aliphatic rings. The molecule has 0 radical (unpaired) electrons. The predicted octanol–water partition coefficient (Wildman–Crippen LogP) is 2.17. The number of methoxy groups -OCH3 is 1. The minimum Gasteiger partial charge on any atom is -0.364 e. The molecule has 0 aromatic heterocycles. The predicted molar refractivity (Wildman–Crippen MR) is 58.2 cm³/mol. The molecule has 0 fully saturated rings. The van der Waals surface area contributed by atoms with Crippen LogP contribution in [0.15, 0.2) is 28.7 Å². The topological polar surface area (TPSA) is 50.4 Å². The molecule has 0 saturated heterocycles. The number of benzene rings is 1. The number of hydrogen-bond acceptors (Lipinski definition) is 2. The SMILES string of the molecule is COCNC(=O)Nc1ccccc1Br. The van der Waals surface area contributed by atoms with Gasteiger partial charge in [0.2, 0.25) is 0 Å². The first-order valence-electron chi connectivity index (χ1n) is 4.02. The molecule has 0 atom stereocenters. The van der Waals surface area contributed by atoms with Gasteiger partial charge in [0.1, 0.15) is 6.73 Å². The zero-order valence-corrected chi connectivity index (χ0v) is 9.30. The van der Waals surface area contributed by atoms with Gasteiger partial charge in [0.25, 0.3) is 0 Å². The fraction of sp³-hybridized carbons (Fsp3) is 0.222. The summed E-state index contributed by atoms with van der Waals surface area (Å²) in [4.78, 5) is 11.2. The number of amides is 2. The molecule has 0 unspecified atom stereocenters. The van der Waals surface area contributed by atoms with E-state index < -0.39 is 0 Å². The molecule has 4 nitrogen and oxygen atoms in total. The van der Waals surface area contributed by atoms with Crippen LogP contribution in [-0.4, -0.2) is 19.9 Å². The Bertz CT molecular complexity index is 317. The first-order chi connectivity index (χ1) is 6.74. The molecule has 14 heavy (non-hydrogen) atoms. The van der Waals surface area contributed by atoms with Gasteiger partial charge in [-0.1, -0.05) is 12.1 Å². The van der Waals surface area contributed by atoms with Crippen LogP contribution in [-0.2, 0) is 4.74 Å². The van der Waals surface area contributed by atoms with Crippen molar-refractivity contribution in [3.05, 3.63) is 28.7 Å². The van der Waals surface area contributed by atoms with Crippen LogP contribution < -0.4 is 10.6 Å². The number of urea groups is 1. The van der Waals surface area contributed by atoms with Gasteiger partial charge < -0.3 is 15.4 Å². The van der Waals surface area contributed by atoms with E-state index in [1.807, 2.05) is 18.2 Å². The van der Waals surface area contributed by atoms with Crippen LogP contribution in [0.4, 0.5) is 10.5 Å². The lowest BCUT2D eigenvalue weighted by molar-refractivity contribution is 0.177. The van der Waals surface area contributed by atoms with Gasteiger partial charge >= 0.3 is 6.03 Å². The number of halogens is 1. The van der Waals surface area contributed by atoms with Crippen molar-refractivity contribution in [1.29, 1.82) is 0 Å². The highest BCUT2D eigenvalue weighted by Gasteiger charge is 2.02. The molecule has 1 rings (SSSR count). The monoisotopic (exact) mass is 258 g/mol. The van der Waals surface area contributed by atoms with Crippen molar-refractivity contribution in [1.82, 2.24) is 5.32 Å². The van der Waals surface area contributed by atoms with Crippen molar-refractivity contribution in [3.8, 4) is 0 Å². The van der Waals surface area contributed by atoms with Gasteiger partial charge in [0.05, 0.1) is 5.69 Å². The number of carbonyl (C=O) groups is 1. The Balaban J connectivity index is 2.52. The number of carbonyl (C=O) groups excluding carboxylic acids is 1. The Morgan fingerprint density at radius 2 is 2.21 bits per heavy atom. The number of rotatable bonds is 3. The summed E-state index contributed by atoms with van der Waals surface area (Å²) >= 11 is 3.32. The Kier molecular flexibility index (Phi) is 4.42. The van der Waals surface area contributed by atoms with E-state index in [1.165, 1.54) is 7.11 Å². The lowest BCUT2D eigenvalue weighted by Crippen LogP contribution is -2.30. The summed E-state index contributed by atoms with van der Waals surface area (Å²) in [6, 6.07) is 7.08. The normalized spacial score (nSPS) is 9.57. The van der Waals surface area contributed by atoms with Gasteiger partial charge in [-0.25, -0.2) is 4.79 Å². The first kappa shape index (κ1) is 11.0. The molecule has 0 aliphatic heterocycles. The molecule has 76 valence electrons. The van der Waals surface area contributed by atoms with Crippen LogP contribution in [0.2, 0.25) is 0 Å². The fourth-order valence-electron chi connectivity index (χ4n) is 0.867. The Hall–Kier alpha value is -1.07. The molecule has 0 spiro atoms. The van der Waals surface area contributed by atoms with E-state index in [1.54, 1.807) is 6.07 Å². The minimum atomic E-state index is -0.293. The van der Waals surface area contributed by atoms with Gasteiger partial charge in [-0.15, -0.1) is 0 Å². The third-order valence-electron chi connectivity index (χ3n) is 1.50. The molecular formula is C9H11BrN2O2. The zero-order valence-electron chi connectivity index (χ0n) is 7.71. The van der Waals surface area contributed by atoms with E-state index in [9.17, 15) is 4.79 Å². The second-order valence-electron chi connectivity index (χ2n) is 2.54. The summed E-state index contributed by atoms with van der Waals surface area (Å²) in [6.45, 7) is 0.191. The highest BCUT2D eigenvalue weighted by Crippen LogP contribution is 2.20. The van der Waals surface area contributed by atoms with Crippen LogP contribution in [0.3, 0.4) is 0 Å². The third kappa shape index (κ3) is 3.35. The smallest absolute Gasteiger partial charge is 0.321 e. The van der Waals surface area contributed by atoms with E-state index in [2.05, 4.69) is 26.6 Å². The lowest BCUT2D eigenvalue weighted by Gasteiger charge is -2.07. The lowest BCUT2D eigenvalue weighted by atomic mass is 10.3. The van der Waals surface area contributed by atoms with Crippen molar-refractivity contribution in [2.45, 2.75) is 0 Å². The first-order valence-corrected chi connectivity index (χ1v) is 4.81. The molecule has 0 saturated carbocycles. The van der Waals surface area contributed by atoms with Crippen LogP contribution in [0.25, 0.3) is 0 Å². The number of ether oxygens (including phenoxy) is 1.